The van der Waals surface area contributed by atoms with Gasteiger partial charge in [-0.15, -0.1) is 0 Å². The van der Waals surface area contributed by atoms with Crippen LogP contribution in [0.3, 0.4) is 0 Å². The highest BCUT2D eigenvalue weighted by Crippen LogP contribution is 2.28. The van der Waals surface area contributed by atoms with Crippen LogP contribution in [0.1, 0.15) is 29.7 Å². The molecular formula is C13H21NO. The molecule has 0 aliphatic rings. The van der Waals surface area contributed by atoms with Gasteiger partial charge in [-0.05, 0) is 51.6 Å². The highest BCUT2D eigenvalue weighted by Gasteiger charge is 2.11. The van der Waals surface area contributed by atoms with E-state index in [2.05, 4.69) is 51.9 Å². The molecule has 0 aromatic heterocycles. The monoisotopic (exact) mass is 207 g/mol. The SMILES string of the molecule is COc1c(C)cc(C(C)N(C)C)cc1C. The van der Waals surface area contributed by atoms with E-state index < -0.39 is 0 Å². The normalized spacial score (nSPS) is 13.0. The van der Waals surface area contributed by atoms with Crippen molar-refractivity contribution in [3.63, 3.8) is 0 Å². The average Bonchev–Trinajstić information content (AvgIpc) is 2.15. The Balaban J connectivity index is 3.14. The summed E-state index contributed by atoms with van der Waals surface area (Å²) < 4.78 is 5.36. The van der Waals surface area contributed by atoms with Crippen LogP contribution in [0.5, 0.6) is 5.75 Å². The van der Waals surface area contributed by atoms with Gasteiger partial charge < -0.3 is 9.64 Å². The Morgan fingerprint density at radius 1 is 1.13 bits per heavy atom. The molecule has 1 rings (SSSR count). The lowest BCUT2D eigenvalue weighted by molar-refractivity contribution is 0.320. The molecular weight excluding hydrogens is 186 g/mol. The van der Waals surface area contributed by atoms with E-state index in [0.29, 0.717) is 6.04 Å². The molecule has 2 heteroatoms. The summed E-state index contributed by atoms with van der Waals surface area (Å²) >= 11 is 0. The van der Waals surface area contributed by atoms with Gasteiger partial charge in [-0.2, -0.15) is 0 Å². The highest BCUT2D eigenvalue weighted by atomic mass is 16.5. The lowest BCUT2D eigenvalue weighted by atomic mass is 10.0. The minimum Gasteiger partial charge on any atom is -0.496 e. The van der Waals surface area contributed by atoms with E-state index in [9.17, 15) is 0 Å². The first-order valence-corrected chi connectivity index (χ1v) is 5.29. The van der Waals surface area contributed by atoms with Gasteiger partial charge in [0.2, 0.25) is 0 Å². The third-order valence-corrected chi connectivity index (χ3v) is 2.94. The Kier molecular flexibility index (Phi) is 3.75. The second kappa shape index (κ2) is 4.67. The van der Waals surface area contributed by atoms with Crippen LogP contribution >= 0.6 is 0 Å². The minimum absolute atomic E-state index is 0.438. The largest absolute Gasteiger partial charge is 0.496 e. The third kappa shape index (κ3) is 2.51. The molecule has 0 saturated carbocycles. The number of nitrogens with zero attached hydrogens (tertiary/aromatic N) is 1. The Hall–Kier alpha value is -1.02. The lowest BCUT2D eigenvalue weighted by Gasteiger charge is -2.22. The Morgan fingerprint density at radius 2 is 1.60 bits per heavy atom. The van der Waals surface area contributed by atoms with E-state index in [1.165, 1.54) is 16.7 Å². The molecule has 1 aromatic rings. The van der Waals surface area contributed by atoms with Crippen LogP contribution in [0.2, 0.25) is 0 Å². The van der Waals surface area contributed by atoms with Gasteiger partial charge in [0.05, 0.1) is 7.11 Å². The molecule has 0 aliphatic heterocycles. The predicted octanol–water partition coefficient (Wildman–Crippen LogP) is 2.93. The first kappa shape index (κ1) is 12.1. The number of hydrogen-bond donors (Lipinski definition) is 0. The van der Waals surface area contributed by atoms with Crippen molar-refractivity contribution >= 4 is 0 Å². The number of ether oxygens (including phenoxy) is 1. The van der Waals surface area contributed by atoms with Gasteiger partial charge >= 0.3 is 0 Å². The minimum atomic E-state index is 0.438. The molecule has 0 heterocycles. The average molecular weight is 207 g/mol. The van der Waals surface area contributed by atoms with Gasteiger partial charge in [0.15, 0.2) is 0 Å². The second-order valence-electron chi connectivity index (χ2n) is 4.33. The van der Waals surface area contributed by atoms with E-state index >= 15 is 0 Å². The van der Waals surface area contributed by atoms with Crippen molar-refractivity contribution in [3.8, 4) is 5.75 Å². The van der Waals surface area contributed by atoms with Crippen molar-refractivity contribution in [3.05, 3.63) is 28.8 Å². The maximum Gasteiger partial charge on any atom is 0.124 e. The summed E-state index contributed by atoms with van der Waals surface area (Å²) in [5.41, 5.74) is 3.76. The molecule has 0 bridgehead atoms. The topological polar surface area (TPSA) is 12.5 Å². The predicted molar refractivity (Wildman–Crippen MR) is 64.6 cm³/mol. The van der Waals surface area contributed by atoms with Gasteiger partial charge in [-0.25, -0.2) is 0 Å². The molecule has 0 fully saturated rings. The van der Waals surface area contributed by atoms with Crippen molar-refractivity contribution in [2.45, 2.75) is 26.8 Å². The molecule has 15 heavy (non-hydrogen) atoms. The van der Waals surface area contributed by atoms with E-state index in [1.807, 2.05) is 0 Å². The molecule has 1 aromatic carbocycles. The molecule has 0 amide bonds. The molecule has 0 aliphatic carbocycles. The maximum atomic E-state index is 5.36. The smallest absolute Gasteiger partial charge is 0.124 e. The molecule has 2 nitrogen and oxygen atoms in total. The van der Waals surface area contributed by atoms with Crippen LogP contribution in [0.25, 0.3) is 0 Å². The second-order valence-corrected chi connectivity index (χ2v) is 4.33. The molecule has 0 spiro atoms. The van der Waals surface area contributed by atoms with Crippen molar-refractivity contribution < 1.29 is 4.74 Å². The van der Waals surface area contributed by atoms with Crippen LogP contribution in [0.4, 0.5) is 0 Å². The van der Waals surface area contributed by atoms with Crippen molar-refractivity contribution in [2.75, 3.05) is 21.2 Å². The van der Waals surface area contributed by atoms with E-state index in [0.717, 1.165) is 5.75 Å². The zero-order valence-electron chi connectivity index (χ0n) is 10.6. The summed E-state index contributed by atoms with van der Waals surface area (Å²) in [6.07, 6.45) is 0. The summed E-state index contributed by atoms with van der Waals surface area (Å²) in [6.45, 7) is 6.40. The molecule has 0 N–H and O–H groups in total. The first-order valence-electron chi connectivity index (χ1n) is 5.29. The fourth-order valence-electron chi connectivity index (χ4n) is 1.85. The Labute approximate surface area is 92.9 Å². The van der Waals surface area contributed by atoms with Crippen LogP contribution in [-0.4, -0.2) is 26.1 Å². The van der Waals surface area contributed by atoms with Crippen molar-refractivity contribution in [2.24, 2.45) is 0 Å². The summed E-state index contributed by atoms with van der Waals surface area (Å²) in [5, 5.41) is 0. The van der Waals surface area contributed by atoms with Crippen LogP contribution < -0.4 is 4.74 Å². The fraction of sp³-hybridized carbons (Fsp3) is 0.538. The molecule has 84 valence electrons. The molecule has 1 unspecified atom stereocenters. The van der Waals surface area contributed by atoms with Gasteiger partial charge in [0, 0.05) is 6.04 Å². The molecule has 0 saturated heterocycles. The quantitative estimate of drug-likeness (QED) is 0.755. The number of rotatable bonds is 3. The molecule has 1 atom stereocenters. The number of hydrogen-bond acceptors (Lipinski definition) is 2. The van der Waals surface area contributed by atoms with Gasteiger partial charge in [-0.1, -0.05) is 12.1 Å². The van der Waals surface area contributed by atoms with Crippen LogP contribution in [0.15, 0.2) is 12.1 Å². The van der Waals surface area contributed by atoms with Gasteiger partial charge in [0.1, 0.15) is 5.75 Å². The summed E-state index contributed by atoms with van der Waals surface area (Å²) in [5.74, 6) is 1.00. The Morgan fingerprint density at radius 3 is 1.93 bits per heavy atom. The standard InChI is InChI=1S/C13H21NO/c1-9-7-12(11(3)14(4)5)8-10(2)13(9)15-6/h7-8,11H,1-6H3. The fourth-order valence-corrected chi connectivity index (χ4v) is 1.85. The van der Waals surface area contributed by atoms with Crippen LogP contribution in [0, 0.1) is 13.8 Å². The van der Waals surface area contributed by atoms with Gasteiger partial charge in [-0.3, -0.25) is 0 Å². The third-order valence-electron chi connectivity index (χ3n) is 2.94. The van der Waals surface area contributed by atoms with E-state index in [4.69, 9.17) is 4.74 Å². The van der Waals surface area contributed by atoms with Crippen molar-refractivity contribution in [1.82, 2.24) is 4.90 Å². The highest BCUT2D eigenvalue weighted by molar-refractivity contribution is 5.44. The van der Waals surface area contributed by atoms with Crippen molar-refractivity contribution in [1.29, 1.82) is 0 Å². The van der Waals surface area contributed by atoms with E-state index in [-0.39, 0.29) is 0 Å². The lowest BCUT2D eigenvalue weighted by Crippen LogP contribution is -2.17. The molecule has 0 radical (unpaired) electrons. The zero-order chi connectivity index (χ0) is 11.6. The maximum absolute atomic E-state index is 5.36. The Bertz CT molecular complexity index is 321. The first-order chi connectivity index (χ1) is 6.97. The number of benzene rings is 1. The summed E-state index contributed by atoms with van der Waals surface area (Å²) in [6, 6.07) is 4.85. The number of methoxy groups -OCH3 is 1. The van der Waals surface area contributed by atoms with Gasteiger partial charge in [0.25, 0.3) is 0 Å². The number of aryl methyl sites for hydroxylation is 2. The van der Waals surface area contributed by atoms with Crippen LogP contribution in [-0.2, 0) is 0 Å². The summed E-state index contributed by atoms with van der Waals surface area (Å²) in [4.78, 5) is 2.21. The summed E-state index contributed by atoms with van der Waals surface area (Å²) in [7, 11) is 5.92. The van der Waals surface area contributed by atoms with E-state index in [1.54, 1.807) is 7.11 Å². The zero-order valence-corrected chi connectivity index (χ0v) is 10.6.